The Morgan fingerprint density at radius 1 is 1.33 bits per heavy atom. The van der Waals surface area contributed by atoms with Crippen molar-refractivity contribution in [2.75, 3.05) is 0 Å². The highest BCUT2D eigenvalue weighted by atomic mass is 79.9. The molecule has 0 saturated heterocycles. The molecule has 2 heterocycles. The third kappa shape index (κ3) is 2.52. The number of alkyl halides is 1. The molecule has 0 spiro atoms. The number of furan rings is 1. The van der Waals surface area contributed by atoms with E-state index in [9.17, 15) is 0 Å². The largest absolute Gasteiger partial charge is 0.457 e. The van der Waals surface area contributed by atoms with Gasteiger partial charge in [-0.3, -0.25) is 0 Å². The summed E-state index contributed by atoms with van der Waals surface area (Å²) < 4.78 is 7.91. The van der Waals surface area contributed by atoms with Gasteiger partial charge in [0.05, 0.1) is 15.4 Å². The van der Waals surface area contributed by atoms with Crippen LogP contribution in [0.4, 0.5) is 0 Å². The van der Waals surface area contributed by atoms with Gasteiger partial charge in [0.2, 0.25) is 0 Å². The van der Waals surface area contributed by atoms with Gasteiger partial charge < -0.3 is 4.42 Å². The van der Waals surface area contributed by atoms with Crippen molar-refractivity contribution in [3.63, 3.8) is 0 Å². The van der Waals surface area contributed by atoms with E-state index in [-0.39, 0.29) is 5.38 Å². The summed E-state index contributed by atoms with van der Waals surface area (Å²) in [4.78, 5) is 1.07. The maximum absolute atomic E-state index is 6.34. The van der Waals surface area contributed by atoms with E-state index >= 15 is 0 Å². The molecule has 6 heteroatoms. The topological polar surface area (TPSA) is 13.1 Å². The molecule has 1 unspecified atom stereocenters. The lowest BCUT2D eigenvalue weighted by molar-refractivity contribution is 0.537. The number of hydrogen-bond acceptors (Lipinski definition) is 2. The summed E-state index contributed by atoms with van der Waals surface area (Å²) >= 11 is 18.1. The zero-order valence-electron chi connectivity index (χ0n) is 7.14. The fraction of sp³-hybridized carbons (Fsp3) is 0.111. The Hall–Kier alpha value is 0.710. The highest BCUT2D eigenvalue weighted by Crippen LogP contribution is 2.42. The van der Waals surface area contributed by atoms with E-state index in [1.807, 2.05) is 12.1 Å². The molecule has 0 amide bonds. The van der Waals surface area contributed by atoms with Crippen LogP contribution in [-0.4, -0.2) is 0 Å². The molecule has 15 heavy (non-hydrogen) atoms. The van der Waals surface area contributed by atoms with Crippen molar-refractivity contribution in [2.45, 2.75) is 5.38 Å². The second-order valence-electron chi connectivity index (χ2n) is 2.78. The first-order chi connectivity index (χ1) is 7.09. The summed E-state index contributed by atoms with van der Waals surface area (Å²) in [6, 6.07) is 3.87. The summed E-state index contributed by atoms with van der Waals surface area (Å²) in [6.45, 7) is 0. The Kier molecular flexibility index (Phi) is 3.99. The first kappa shape index (κ1) is 12.2. The Morgan fingerprint density at radius 2 is 2.07 bits per heavy atom. The van der Waals surface area contributed by atoms with E-state index in [0.717, 1.165) is 18.7 Å². The third-order valence-electron chi connectivity index (χ3n) is 1.83. The number of thiophene rings is 1. The van der Waals surface area contributed by atoms with E-state index in [1.54, 1.807) is 17.6 Å². The average molecular weight is 435 g/mol. The molecule has 1 atom stereocenters. The second-order valence-corrected chi connectivity index (χ2v) is 7.20. The van der Waals surface area contributed by atoms with Crippen LogP contribution in [0, 0.1) is 0 Å². The lowest BCUT2D eigenvalue weighted by atomic mass is 10.2. The predicted octanol–water partition coefficient (Wildman–Crippen LogP) is 5.96. The average Bonchev–Trinajstić information content (AvgIpc) is 2.74. The summed E-state index contributed by atoms with van der Waals surface area (Å²) in [6.07, 6.45) is 1.62. The highest BCUT2D eigenvalue weighted by Gasteiger charge is 2.19. The van der Waals surface area contributed by atoms with Gasteiger partial charge >= 0.3 is 0 Å². The second kappa shape index (κ2) is 4.92. The summed E-state index contributed by atoms with van der Waals surface area (Å²) in [7, 11) is 0. The monoisotopic (exact) mass is 432 g/mol. The van der Waals surface area contributed by atoms with E-state index in [4.69, 9.17) is 16.0 Å². The molecular formula is C9H4Br3ClOS. The lowest BCUT2D eigenvalue weighted by Crippen LogP contribution is -1.87. The molecule has 0 radical (unpaired) electrons. The fourth-order valence-corrected chi connectivity index (χ4v) is 4.18. The molecular weight excluding hydrogens is 431 g/mol. The van der Waals surface area contributed by atoms with Crippen molar-refractivity contribution < 1.29 is 4.42 Å². The molecule has 0 bridgehead atoms. The van der Waals surface area contributed by atoms with Crippen LogP contribution in [0.5, 0.6) is 0 Å². The number of rotatable bonds is 2. The molecule has 0 aliphatic carbocycles. The maximum atomic E-state index is 6.34. The zero-order valence-corrected chi connectivity index (χ0v) is 13.5. The van der Waals surface area contributed by atoms with Crippen molar-refractivity contribution >= 4 is 70.7 Å². The van der Waals surface area contributed by atoms with Gasteiger partial charge in [0.25, 0.3) is 0 Å². The molecule has 80 valence electrons. The van der Waals surface area contributed by atoms with Crippen molar-refractivity contribution in [3.8, 4) is 0 Å². The molecule has 0 saturated carbocycles. The first-order valence-corrected chi connectivity index (χ1v) is 7.54. The molecule has 2 rings (SSSR count). The van der Waals surface area contributed by atoms with Gasteiger partial charge in [0.1, 0.15) is 0 Å². The molecule has 0 aromatic carbocycles. The van der Waals surface area contributed by atoms with E-state index in [2.05, 4.69) is 47.8 Å². The van der Waals surface area contributed by atoms with Crippen LogP contribution in [0.2, 0.25) is 0 Å². The Morgan fingerprint density at radius 3 is 2.53 bits per heavy atom. The van der Waals surface area contributed by atoms with Gasteiger partial charge in [-0.1, -0.05) is 0 Å². The van der Waals surface area contributed by atoms with E-state index < -0.39 is 0 Å². The van der Waals surface area contributed by atoms with Gasteiger partial charge in [-0.25, -0.2) is 0 Å². The third-order valence-corrected chi connectivity index (χ3v) is 6.40. The quantitative estimate of drug-likeness (QED) is 0.531. The minimum Gasteiger partial charge on any atom is -0.457 e. The van der Waals surface area contributed by atoms with Crippen molar-refractivity contribution in [1.82, 2.24) is 0 Å². The number of halogens is 4. The van der Waals surface area contributed by atoms with Crippen LogP contribution in [0.25, 0.3) is 0 Å². The number of hydrogen-bond donors (Lipinski definition) is 0. The SMILES string of the molecule is ClC(c1cc(Br)c(Br)s1)c1ccoc1Br. The van der Waals surface area contributed by atoms with Crippen LogP contribution >= 0.6 is 70.7 Å². The van der Waals surface area contributed by atoms with Gasteiger partial charge in [-0.15, -0.1) is 22.9 Å². The van der Waals surface area contributed by atoms with Crippen molar-refractivity contribution in [1.29, 1.82) is 0 Å². The predicted molar refractivity (Wildman–Crippen MR) is 73.8 cm³/mol. The van der Waals surface area contributed by atoms with Crippen molar-refractivity contribution in [3.05, 3.63) is 41.8 Å². The Bertz CT molecular complexity index is 460. The summed E-state index contributed by atoms with van der Waals surface area (Å²) in [5.74, 6) is 0. The molecule has 0 aliphatic heterocycles. The minimum absolute atomic E-state index is 0.189. The van der Waals surface area contributed by atoms with Gasteiger partial charge in [-0.05, 0) is 59.9 Å². The molecule has 2 aromatic rings. The smallest absolute Gasteiger partial charge is 0.173 e. The van der Waals surface area contributed by atoms with Crippen molar-refractivity contribution in [2.24, 2.45) is 0 Å². The lowest BCUT2D eigenvalue weighted by Gasteiger charge is -2.03. The van der Waals surface area contributed by atoms with Gasteiger partial charge in [0, 0.05) is 14.9 Å². The summed E-state index contributed by atoms with van der Waals surface area (Å²) in [5.41, 5.74) is 0.943. The Labute approximate surface area is 121 Å². The molecule has 1 nitrogen and oxygen atoms in total. The minimum atomic E-state index is -0.189. The van der Waals surface area contributed by atoms with Gasteiger partial charge in [0.15, 0.2) is 4.67 Å². The van der Waals surface area contributed by atoms with Crippen LogP contribution < -0.4 is 0 Å². The molecule has 2 aromatic heterocycles. The van der Waals surface area contributed by atoms with Crippen LogP contribution in [0.1, 0.15) is 15.8 Å². The highest BCUT2D eigenvalue weighted by molar-refractivity contribution is 9.13. The van der Waals surface area contributed by atoms with E-state index in [0.29, 0.717) is 4.67 Å². The van der Waals surface area contributed by atoms with Crippen LogP contribution in [0.3, 0.4) is 0 Å². The fourth-order valence-electron chi connectivity index (χ4n) is 1.13. The summed E-state index contributed by atoms with van der Waals surface area (Å²) in [5, 5.41) is -0.189. The van der Waals surface area contributed by atoms with Gasteiger partial charge in [-0.2, -0.15) is 0 Å². The molecule has 0 N–H and O–H groups in total. The van der Waals surface area contributed by atoms with Crippen LogP contribution in [0.15, 0.2) is 35.7 Å². The van der Waals surface area contributed by atoms with Crippen LogP contribution in [-0.2, 0) is 0 Å². The first-order valence-electron chi connectivity index (χ1n) is 3.91. The molecule has 0 aliphatic rings. The zero-order chi connectivity index (χ0) is 11.0. The van der Waals surface area contributed by atoms with E-state index in [1.165, 1.54) is 0 Å². The standard InChI is InChI=1S/C9H4Br3ClOS/c10-5-3-6(15-9(5)12)7(13)4-1-2-14-8(4)11/h1-3,7H. The maximum Gasteiger partial charge on any atom is 0.173 e. The normalized spacial score (nSPS) is 13.1. The molecule has 0 fully saturated rings. The Balaban J connectivity index is 2.36.